The summed E-state index contributed by atoms with van der Waals surface area (Å²) in [5.74, 6) is -3.89. The Morgan fingerprint density at radius 1 is 1.20 bits per heavy atom. The monoisotopic (exact) mass is 501 g/mol. The number of alkyl halides is 3. The molecule has 2 aliphatic heterocycles. The number of anilines is 1. The molecular formula is C21H26F3N5O6. The predicted molar refractivity (Wildman–Crippen MR) is 116 cm³/mol. The van der Waals surface area contributed by atoms with Gasteiger partial charge in [0, 0.05) is 36.3 Å². The number of imide groups is 1. The van der Waals surface area contributed by atoms with Crippen molar-refractivity contribution >= 4 is 35.3 Å². The Morgan fingerprint density at radius 2 is 1.89 bits per heavy atom. The molecule has 35 heavy (non-hydrogen) atoms. The largest absolute Gasteiger partial charge is 0.490 e. The molecule has 1 aromatic rings. The number of rotatable bonds is 8. The van der Waals surface area contributed by atoms with Crippen molar-refractivity contribution in [2.45, 2.75) is 44.4 Å². The van der Waals surface area contributed by atoms with E-state index in [4.69, 9.17) is 15.6 Å². The van der Waals surface area contributed by atoms with Crippen LogP contribution in [0.3, 0.4) is 0 Å². The Balaban J connectivity index is 0.000000540. The average molecular weight is 501 g/mol. The van der Waals surface area contributed by atoms with Gasteiger partial charge in [-0.3, -0.25) is 24.5 Å². The van der Waals surface area contributed by atoms with E-state index in [2.05, 4.69) is 16.0 Å². The van der Waals surface area contributed by atoms with Crippen molar-refractivity contribution < 1.29 is 42.3 Å². The van der Waals surface area contributed by atoms with E-state index in [1.807, 2.05) is 6.07 Å². The summed E-state index contributed by atoms with van der Waals surface area (Å²) >= 11 is 0. The number of carboxylic acid groups (broad SMARTS) is 1. The molecule has 0 bridgehead atoms. The van der Waals surface area contributed by atoms with E-state index in [0.29, 0.717) is 30.8 Å². The highest BCUT2D eigenvalue weighted by atomic mass is 19.4. The molecular weight excluding hydrogens is 475 g/mol. The number of nitrogens with two attached hydrogens (primary N) is 1. The molecule has 192 valence electrons. The number of benzene rings is 1. The van der Waals surface area contributed by atoms with Crippen LogP contribution in [0.5, 0.6) is 0 Å². The number of unbranched alkanes of at least 4 members (excludes halogenated alkanes) is 1. The van der Waals surface area contributed by atoms with E-state index in [-0.39, 0.29) is 37.2 Å². The summed E-state index contributed by atoms with van der Waals surface area (Å²) in [6.45, 7) is 1.53. The van der Waals surface area contributed by atoms with Crippen molar-refractivity contribution in [1.82, 2.24) is 15.5 Å². The minimum atomic E-state index is -5.08. The zero-order valence-corrected chi connectivity index (χ0v) is 18.6. The van der Waals surface area contributed by atoms with Crippen LogP contribution in [0.4, 0.5) is 18.9 Å². The van der Waals surface area contributed by atoms with Crippen LogP contribution in [0.25, 0.3) is 0 Å². The first-order valence-corrected chi connectivity index (χ1v) is 10.7. The number of hydrogen-bond acceptors (Lipinski definition) is 7. The fraction of sp³-hybridized carbons (Fsp3) is 0.476. The second kappa shape index (κ2) is 12.1. The quantitative estimate of drug-likeness (QED) is 0.251. The summed E-state index contributed by atoms with van der Waals surface area (Å²) in [5.41, 5.74) is 7.39. The summed E-state index contributed by atoms with van der Waals surface area (Å²) in [4.78, 5) is 58.6. The molecule has 11 nitrogen and oxygen atoms in total. The Labute approximate surface area is 198 Å². The molecule has 1 atom stereocenters. The highest BCUT2D eigenvalue weighted by Gasteiger charge is 2.40. The molecule has 0 aromatic heterocycles. The summed E-state index contributed by atoms with van der Waals surface area (Å²) in [6.07, 6.45) is -2.86. The minimum Gasteiger partial charge on any atom is -0.475 e. The molecule has 3 rings (SSSR count). The lowest BCUT2D eigenvalue weighted by Gasteiger charge is -2.29. The van der Waals surface area contributed by atoms with Crippen molar-refractivity contribution in [1.29, 1.82) is 0 Å². The lowest BCUT2D eigenvalue weighted by molar-refractivity contribution is -0.192. The third-order valence-corrected chi connectivity index (χ3v) is 5.22. The number of carboxylic acids is 1. The van der Waals surface area contributed by atoms with Crippen LogP contribution in [0, 0.1) is 0 Å². The average Bonchev–Trinajstić information content (AvgIpc) is 3.12. The number of aliphatic carboxylic acids is 1. The van der Waals surface area contributed by atoms with Crippen molar-refractivity contribution in [2.24, 2.45) is 5.73 Å². The van der Waals surface area contributed by atoms with Gasteiger partial charge in [-0.2, -0.15) is 13.2 Å². The fourth-order valence-electron chi connectivity index (χ4n) is 3.49. The Bertz CT molecular complexity index is 985. The smallest absolute Gasteiger partial charge is 0.475 e. The highest BCUT2D eigenvalue weighted by molar-refractivity contribution is 6.06. The molecule has 0 aliphatic carbocycles. The number of carbonyl (C=O) groups is 5. The minimum absolute atomic E-state index is 0.0890. The molecule has 1 unspecified atom stereocenters. The maximum Gasteiger partial charge on any atom is 0.490 e. The third kappa shape index (κ3) is 7.67. The van der Waals surface area contributed by atoms with E-state index in [0.717, 1.165) is 18.4 Å². The summed E-state index contributed by atoms with van der Waals surface area (Å²) in [7, 11) is 0. The number of carbonyl (C=O) groups excluding carboxylic acids is 4. The Kier molecular flexibility index (Phi) is 9.57. The maximum absolute atomic E-state index is 12.8. The number of piperidine rings is 1. The molecule has 4 amide bonds. The topological polar surface area (TPSA) is 171 Å². The number of nitrogens with one attached hydrogen (secondary N) is 3. The van der Waals surface area contributed by atoms with Crippen molar-refractivity contribution in [3.8, 4) is 0 Å². The van der Waals surface area contributed by atoms with Crippen LogP contribution >= 0.6 is 0 Å². The molecule has 1 fully saturated rings. The maximum atomic E-state index is 12.8. The van der Waals surface area contributed by atoms with E-state index in [9.17, 15) is 32.3 Å². The first kappa shape index (κ1) is 27.6. The molecule has 1 aromatic carbocycles. The van der Waals surface area contributed by atoms with E-state index in [1.165, 1.54) is 4.90 Å². The molecule has 0 radical (unpaired) electrons. The number of hydrogen-bond donors (Lipinski definition) is 5. The lowest BCUT2D eigenvalue weighted by atomic mass is 10.0. The number of fused-ring (bicyclic) bond motifs is 1. The normalized spacial score (nSPS) is 17.2. The van der Waals surface area contributed by atoms with E-state index >= 15 is 0 Å². The van der Waals surface area contributed by atoms with Crippen molar-refractivity contribution in [3.63, 3.8) is 0 Å². The third-order valence-electron chi connectivity index (χ3n) is 5.22. The molecule has 2 aliphatic rings. The molecule has 2 heterocycles. The standard InChI is InChI=1S/C19H25N5O4.C2HF3O2/c20-8-1-2-9-21-17(26)10-22-14-5-3-4-12-13(14)11-24(19(12)28)15-6-7-16(25)23-18(15)27;3-2(4,5)1(6)7/h3-5,15,22H,1-2,6-11,20H2,(H,21,26)(H,23,25,27);(H,6,7). The van der Waals surface area contributed by atoms with Crippen molar-refractivity contribution in [2.75, 3.05) is 25.0 Å². The van der Waals surface area contributed by atoms with Gasteiger partial charge < -0.3 is 26.4 Å². The van der Waals surface area contributed by atoms with Crippen LogP contribution in [-0.2, 0) is 25.7 Å². The van der Waals surface area contributed by atoms with Gasteiger partial charge in [0.15, 0.2) is 0 Å². The molecule has 0 spiro atoms. The van der Waals surface area contributed by atoms with Crippen molar-refractivity contribution in [3.05, 3.63) is 29.3 Å². The molecule has 0 saturated carbocycles. The predicted octanol–water partition coefficient (Wildman–Crippen LogP) is 0.348. The van der Waals surface area contributed by atoms with Gasteiger partial charge >= 0.3 is 12.1 Å². The fourth-order valence-corrected chi connectivity index (χ4v) is 3.49. The van der Waals surface area contributed by atoms with Gasteiger partial charge in [-0.05, 0) is 37.9 Å². The van der Waals surface area contributed by atoms with Crippen LogP contribution in [0.15, 0.2) is 18.2 Å². The highest BCUT2D eigenvalue weighted by Crippen LogP contribution is 2.32. The second-order valence-electron chi connectivity index (χ2n) is 7.73. The van der Waals surface area contributed by atoms with Gasteiger partial charge in [0.1, 0.15) is 6.04 Å². The zero-order valence-electron chi connectivity index (χ0n) is 18.6. The Morgan fingerprint density at radius 3 is 2.49 bits per heavy atom. The van der Waals surface area contributed by atoms with Crippen LogP contribution in [-0.4, -0.2) is 71.5 Å². The first-order valence-electron chi connectivity index (χ1n) is 10.7. The number of halogens is 3. The van der Waals surface area contributed by atoms with Gasteiger partial charge in [-0.15, -0.1) is 0 Å². The zero-order chi connectivity index (χ0) is 26.2. The van der Waals surface area contributed by atoms with Gasteiger partial charge in [-0.25, -0.2) is 4.79 Å². The van der Waals surface area contributed by atoms with Gasteiger partial charge in [0.05, 0.1) is 6.54 Å². The van der Waals surface area contributed by atoms with Gasteiger partial charge in [0.2, 0.25) is 17.7 Å². The van der Waals surface area contributed by atoms with Crippen LogP contribution < -0.4 is 21.7 Å². The number of nitrogens with zero attached hydrogens (tertiary/aromatic N) is 1. The summed E-state index contributed by atoms with van der Waals surface area (Å²) in [6, 6.07) is 4.60. The molecule has 1 saturated heterocycles. The van der Waals surface area contributed by atoms with Crippen LogP contribution in [0.2, 0.25) is 0 Å². The lowest BCUT2D eigenvalue weighted by Crippen LogP contribution is -2.52. The van der Waals surface area contributed by atoms with E-state index in [1.54, 1.807) is 12.1 Å². The SMILES string of the molecule is NCCCCNC(=O)CNc1cccc2c1CN(C1CCC(=O)NC1=O)C2=O.O=C(O)C(F)(F)F. The van der Waals surface area contributed by atoms with Gasteiger partial charge in [0.25, 0.3) is 5.91 Å². The Hall–Kier alpha value is -3.68. The second-order valence-corrected chi connectivity index (χ2v) is 7.73. The summed E-state index contributed by atoms with van der Waals surface area (Å²) < 4.78 is 31.7. The first-order chi connectivity index (χ1) is 16.5. The molecule has 6 N–H and O–H groups in total. The molecule has 14 heteroatoms. The van der Waals surface area contributed by atoms with Gasteiger partial charge in [-0.1, -0.05) is 6.07 Å². The van der Waals surface area contributed by atoms with E-state index < -0.39 is 24.1 Å². The summed E-state index contributed by atoms with van der Waals surface area (Å²) in [5, 5.41) is 15.3. The van der Waals surface area contributed by atoms with Crippen LogP contribution in [0.1, 0.15) is 41.6 Å². The number of amides is 4.